The first kappa shape index (κ1) is 26.0. The molecule has 5 nitrogen and oxygen atoms in total. The van der Waals surface area contributed by atoms with Crippen molar-refractivity contribution in [2.75, 3.05) is 32.9 Å². The molecule has 0 saturated heterocycles. The standard InChI is InChI=1S/C17H24N2O3.W.Y/c1-14(2)4-3-9-19-17(21)15-5-7-16(8-6-15)18-10-12-22-13-11-20;;/h5-8,14,20H,9-13H2,1-2H3,(H2,18,19,21);;/p-1. The molecule has 1 radical (unpaired) electrons. The topological polar surface area (TPSA) is 72.7 Å². The summed E-state index contributed by atoms with van der Waals surface area (Å²) in [4.78, 5) is 11.9. The molecular weight excluding hydrogens is 553 g/mol. The predicted octanol–water partition coefficient (Wildman–Crippen LogP) is 2.08. The van der Waals surface area contributed by atoms with Gasteiger partial charge in [-0.3, -0.25) is 4.79 Å². The van der Waals surface area contributed by atoms with E-state index in [2.05, 4.69) is 22.5 Å². The number of aliphatic hydroxyl groups excluding tert-OH is 1. The maximum Gasteiger partial charge on any atom is 0.252 e. The van der Waals surface area contributed by atoms with Crippen LogP contribution in [-0.4, -0.2) is 43.9 Å². The molecule has 0 fully saturated rings. The molecule has 0 atom stereocenters. The fourth-order valence-corrected chi connectivity index (χ4v) is 1.61. The average molecular weight is 576 g/mol. The number of amides is 1. The van der Waals surface area contributed by atoms with Crippen LogP contribution in [0.3, 0.4) is 0 Å². The monoisotopic (exact) mass is 576 g/mol. The van der Waals surface area contributed by atoms with Crippen LogP contribution in [0.25, 0.3) is 5.32 Å². The van der Waals surface area contributed by atoms with Crippen LogP contribution >= 0.6 is 0 Å². The number of rotatable bonds is 8. The van der Waals surface area contributed by atoms with Crippen molar-refractivity contribution in [3.8, 4) is 11.8 Å². The first-order valence-corrected chi connectivity index (χ1v) is 7.36. The third-order valence-corrected chi connectivity index (χ3v) is 2.62. The molecule has 0 saturated carbocycles. The van der Waals surface area contributed by atoms with Crippen LogP contribution in [0.5, 0.6) is 0 Å². The summed E-state index contributed by atoms with van der Waals surface area (Å²) in [7, 11) is 0. The number of benzene rings is 1. The van der Waals surface area contributed by atoms with Crippen molar-refractivity contribution in [3.63, 3.8) is 0 Å². The molecule has 0 aliphatic carbocycles. The van der Waals surface area contributed by atoms with Crippen molar-refractivity contribution < 1.29 is 68.4 Å². The van der Waals surface area contributed by atoms with E-state index in [4.69, 9.17) is 9.84 Å². The fraction of sp³-hybridized carbons (Fsp3) is 0.471. The second-order valence-corrected chi connectivity index (χ2v) is 4.92. The van der Waals surface area contributed by atoms with Gasteiger partial charge in [-0.05, 0) is 0 Å². The van der Waals surface area contributed by atoms with Crippen LogP contribution in [-0.2, 0) is 58.5 Å². The van der Waals surface area contributed by atoms with E-state index in [-0.39, 0.29) is 66.3 Å². The largest absolute Gasteiger partial charge is 0.683 e. The number of ether oxygens (including phenoxy) is 1. The van der Waals surface area contributed by atoms with E-state index >= 15 is 0 Å². The first-order valence-electron chi connectivity index (χ1n) is 7.36. The molecule has 0 heterocycles. The van der Waals surface area contributed by atoms with Gasteiger partial charge < -0.3 is 20.5 Å². The molecule has 7 heteroatoms. The van der Waals surface area contributed by atoms with Gasteiger partial charge in [0.2, 0.25) is 0 Å². The summed E-state index contributed by atoms with van der Waals surface area (Å²) < 4.78 is 5.12. The van der Waals surface area contributed by atoms with Crippen LogP contribution < -0.4 is 5.32 Å². The number of aliphatic hydroxyl groups is 1. The van der Waals surface area contributed by atoms with Gasteiger partial charge in [-0.25, -0.2) is 0 Å². The van der Waals surface area contributed by atoms with E-state index in [0.717, 1.165) is 5.69 Å². The third kappa shape index (κ3) is 12.2. The number of hydrogen-bond donors (Lipinski definition) is 2. The van der Waals surface area contributed by atoms with Crippen LogP contribution in [0, 0.1) is 17.8 Å². The Bertz CT molecular complexity index is 513. The maximum atomic E-state index is 11.9. The van der Waals surface area contributed by atoms with E-state index in [1.54, 1.807) is 24.3 Å². The fourth-order valence-electron chi connectivity index (χ4n) is 1.61. The molecule has 0 unspecified atom stereocenters. The zero-order valence-electron chi connectivity index (χ0n) is 14.1. The second kappa shape index (κ2) is 16.2. The van der Waals surface area contributed by atoms with Gasteiger partial charge in [-0.2, -0.15) is 0 Å². The van der Waals surface area contributed by atoms with Crippen molar-refractivity contribution in [1.29, 1.82) is 0 Å². The molecule has 24 heavy (non-hydrogen) atoms. The molecule has 0 spiro atoms. The molecule has 1 aromatic carbocycles. The summed E-state index contributed by atoms with van der Waals surface area (Å²) in [6, 6.07) is 7.05. The minimum atomic E-state index is -0.143. The molecular formula is C17H23N2O3WY-. The van der Waals surface area contributed by atoms with Crippen molar-refractivity contribution in [2.45, 2.75) is 13.8 Å². The molecule has 129 valence electrons. The smallest absolute Gasteiger partial charge is 0.252 e. The van der Waals surface area contributed by atoms with Crippen LogP contribution in [0.15, 0.2) is 24.3 Å². The summed E-state index contributed by atoms with van der Waals surface area (Å²) in [5.41, 5.74) is 1.38. The Hall–Kier alpha value is -0.238. The van der Waals surface area contributed by atoms with Crippen LogP contribution in [0.1, 0.15) is 24.2 Å². The number of carbonyl (C=O) groups is 1. The van der Waals surface area contributed by atoms with Gasteiger partial charge >= 0.3 is 0 Å². The average Bonchev–Trinajstić information content (AvgIpc) is 2.51. The summed E-state index contributed by atoms with van der Waals surface area (Å²) in [6.45, 7) is 5.70. The normalized spacial score (nSPS) is 9.17. The Morgan fingerprint density at radius 2 is 1.96 bits per heavy atom. The first-order chi connectivity index (χ1) is 10.6. The van der Waals surface area contributed by atoms with Gasteiger partial charge in [0.25, 0.3) is 5.91 Å². The van der Waals surface area contributed by atoms with Crippen LogP contribution in [0.4, 0.5) is 5.69 Å². The van der Waals surface area contributed by atoms with Gasteiger partial charge in [0.1, 0.15) is 0 Å². The summed E-state index contributed by atoms with van der Waals surface area (Å²) in [5.74, 6) is 6.06. The zero-order chi connectivity index (χ0) is 16.2. The molecule has 0 aromatic heterocycles. The van der Waals surface area contributed by atoms with Gasteiger partial charge in [-0.15, -0.1) is 12.2 Å². The van der Waals surface area contributed by atoms with Gasteiger partial charge in [0.15, 0.2) is 0 Å². The Kier molecular flexibility index (Phi) is 17.6. The summed E-state index contributed by atoms with van der Waals surface area (Å²) in [6.07, 6.45) is 0. The number of nitrogens with one attached hydrogen (secondary N) is 1. The van der Waals surface area contributed by atoms with Crippen molar-refractivity contribution in [3.05, 3.63) is 35.1 Å². The second-order valence-electron chi connectivity index (χ2n) is 4.92. The summed E-state index contributed by atoms with van der Waals surface area (Å²) >= 11 is 0. The maximum absolute atomic E-state index is 11.9. The molecule has 2 N–H and O–H groups in total. The van der Waals surface area contributed by atoms with Crippen molar-refractivity contribution >= 4 is 11.6 Å². The molecule has 0 aliphatic rings. The van der Waals surface area contributed by atoms with E-state index in [1.807, 2.05) is 13.8 Å². The third-order valence-electron chi connectivity index (χ3n) is 2.62. The number of hydrogen-bond acceptors (Lipinski definition) is 3. The molecule has 0 aliphatic heterocycles. The SMILES string of the molecule is CC(C)C#CCNC(=O)c1ccc([N-]CCOCCO)cc1.[W].[Y]. The molecule has 0 bridgehead atoms. The van der Waals surface area contributed by atoms with Crippen LogP contribution in [0.2, 0.25) is 0 Å². The predicted molar refractivity (Wildman–Crippen MR) is 87.2 cm³/mol. The van der Waals surface area contributed by atoms with Gasteiger partial charge in [0, 0.05) is 71.9 Å². The minimum absolute atomic E-state index is 0. The van der Waals surface area contributed by atoms with Gasteiger partial charge in [0.05, 0.1) is 19.8 Å². The minimum Gasteiger partial charge on any atom is -0.683 e. The Labute approximate surface area is 183 Å². The van der Waals surface area contributed by atoms with Crippen molar-refractivity contribution in [1.82, 2.24) is 5.32 Å². The van der Waals surface area contributed by atoms with Crippen molar-refractivity contribution in [2.24, 2.45) is 5.92 Å². The Morgan fingerprint density at radius 1 is 1.29 bits per heavy atom. The quantitative estimate of drug-likeness (QED) is 0.368. The van der Waals surface area contributed by atoms with E-state index in [0.29, 0.717) is 37.8 Å². The number of carbonyl (C=O) groups excluding carboxylic acids is 1. The summed E-state index contributed by atoms with van der Waals surface area (Å²) in [5, 5.41) is 15.6. The van der Waals surface area contributed by atoms with E-state index in [9.17, 15) is 4.79 Å². The molecule has 1 rings (SSSR count). The van der Waals surface area contributed by atoms with E-state index < -0.39 is 0 Å². The number of nitrogens with zero attached hydrogens (tertiary/aromatic N) is 1. The molecule has 1 amide bonds. The van der Waals surface area contributed by atoms with E-state index in [1.165, 1.54) is 0 Å². The zero-order valence-corrected chi connectivity index (χ0v) is 19.9. The Morgan fingerprint density at radius 3 is 2.54 bits per heavy atom. The molecule has 1 aromatic rings. The van der Waals surface area contributed by atoms with Gasteiger partial charge in [-0.1, -0.05) is 50.0 Å². The Balaban J connectivity index is 0.